The van der Waals surface area contributed by atoms with Gasteiger partial charge in [-0.3, -0.25) is 0 Å². The molecular formula is C16H16BrNO. The van der Waals surface area contributed by atoms with Crippen molar-refractivity contribution in [2.24, 2.45) is 0 Å². The van der Waals surface area contributed by atoms with E-state index in [1.54, 1.807) is 0 Å². The molecule has 0 amide bonds. The van der Waals surface area contributed by atoms with Crippen LogP contribution in [0.1, 0.15) is 12.5 Å². The van der Waals surface area contributed by atoms with E-state index in [9.17, 15) is 0 Å². The Morgan fingerprint density at radius 1 is 1.21 bits per heavy atom. The molecular weight excluding hydrogens is 302 g/mol. The van der Waals surface area contributed by atoms with Gasteiger partial charge in [-0.25, -0.2) is 0 Å². The summed E-state index contributed by atoms with van der Waals surface area (Å²) in [5.74, 6) is 0.956. The first-order chi connectivity index (χ1) is 9.15. The van der Waals surface area contributed by atoms with Crippen LogP contribution in [0.3, 0.4) is 0 Å². The summed E-state index contributed by atoms with van der Waals surface area (Å²) in [5, 5.41) is 0. The van der Waals surface area contributed by atoms with Crippen molar-refractivity contribution in [3.8, 4) is 5.75 Å². The zero-order chi connectivity index (χ0) is 13.4. The Balaban J connectivity index is 2.07. The molecule has 0 N–H and O–H groups in total. The van der Waals surface area contributed by atoms with Crippen molar-refractivity contribution < 1.29 is 4.74 Å². The molecule has 1 unspecified atom stereocenters. The molecule has 0 aliphatic carbocycles. The summed E-state index contributed by atoms with van der Waals surface area (Å²) < 4.78 is 7.02. The first-order valence-corrected chi connectivity index (χ1v) is 7.24. The van der Waals surface area contributed by atoms with Gasteiger partial charge in [-0.15, -0.1) is 0 Å². The van der Waals surface area contributed by atoms with Gasteiger partial charge in [-0.2, -0.15) is 0 Å². The Kier molecular flexibility index (Phi) is 3.23. The maximum absolute atomic E-state index is 5.88. The molecule has 0 bridgehead atoms. The predicted octanol–water partition coefficient (Wildman–Crippen LogP) is 4.68. The Hall–Kier alpha value is -1.48. The number of benzene rings is 2. The highest BCUT2D eigenvalue weighted by Crippen LogP contribution is 2.38. The first-order valence-electron chi connectivity index (χ1n) is 6.44. The van der Waals surface area contributed by atoms with Crippen LogP contribution in [0.4, 0.5) is 11.4 Å². The zero-order valence-electron chi connectivity index (χ0n) is 11.1. The van der Waals surface area contributed by atoms with Crippen LogP contribution in [-0.2, 0) is 0 Å². The molecule has 0 radical (unpaired) electrons. The second kappa shape index (κ2) is 4.89. The minimum Gasteiger partial charge on any atom is -0.487 e. The van der Waals surface area contributed by atoms with Gasteiger partial charge in [0.2, 0.25) is 0 Å². The maximum atomic E-state index is 5.88. The Morgan fingerprint density at radius 3 is 2.79 bits per heavy atom. The summed E-state index contributed by atoms with van der Waals surface area (Å²) in [6, 6.07) is 14.7. The van der Waals surface area contributed by atoms with Crippen LogP contribution >= 0.6 is 15.9 Å². The summed E-state index contributed by atoms with van der Waals surface area (Å²) in [6.45, 7) is 5.07. The lowest BCUT2D eigenvalue weighted by molar-refractivity contribution is 0.218. The van der Waals surface area contributed by atoms with Gasteiger partial charge in [0.15, 0.2) is 0 Å². The van der Waals surface area contributed by atoms with Gasteiger partial charge >= 0.3 is 0 Å². The smallest absolute Gasteiger partial charge is 0.143 e. The third-order valence-corrected chi connectivity index (χ3v) is 4.25. The van der Waals surface area contributed by atoms with Crippen molar-refractivity contribution in [3.63, 3.8) is 0 Å². The van der Waals surface area contributed by atoms with Gasteiger partial charge in [0.1, 0.15) is 11.9 Å². The van der Waals surface area contributed by atoms with Gasteiger partial charge in [0.05, 0.1) is 12.2 Å². The summed E-state index contributed by atoms with van der Waals surface area (Å²) in [4.78, 5) is 2.31. The lowest BCUT2D eigenvalue weighted by atomic mass is 10.1. The molecule has 3 rings (SSSR count). The monoisotopic (exact) mass is 317 g/mol. The van der Waals surface area contributed by atoms with E-state index >= 15 is 0 Å². The largest absolute Gasteiger partial charge is 0.487 e. The lowest BCUT2D eigenvalue weighted by Gasteiger charge is -2.35. The summed E-state index contributed by atoms with van der Waals surface area (Å²) in [6.07, 6.45) is 0.190. The van der Waals surface area contributed by atoms with E-state index in [2.05, 4.69) is 65.0 Å². The number of halogens is 1. The van der Waals surface area contributed by atoms with Crippen LogP contribution in [0.2, 0.25) is 0 Å². The third-order valence-electron chi connectivity index (χ3n) is 3.39. The fourth-order valence-corrected chi connectivity index (χ4v) is 2.75. The topological polar surface area (TPSA) is 12.5 Å². The average molecular weight is 318 g/mol. The molecule has 2 nitrogen and oxygen atoms in total. The number of anilines is 2. The Morgan fingerprint density at radius 2 is 2.00 bits per heavy atom. The molecule has 2 aromatic carbocycles. The molecule has 1 aliphatic heterocycles. The minimum absolute atomic E-state index is 0.190. The van der Waals surface area contributed by atoms with Crippen LogP contribution in [0.15, 0.2) is 46.9 Å². The molecule has 1 heterocycles. The molecule has 0 aromatic heterocycles. The van der Waals surface area contributed by atoms with Gasteiger partial charge in [0.25, 0.3) is 0 Å². The Labute approximate surface area is 122 Å². The van der Waals surface area contributed by atoms with Crippen molar-refractivity contribution in [3.05, 3.63) is 52.5 Å². The van der Waals surface area contributed by atoms with Crippen LogP contribution in [0.5, 0.6) is 5.75 Å². The number of para-hydroxylation sites is 2. The summed E-state index contributed by atoms with van der Waals surface area (Å²) in [7, 11) is 0. The van der Waals surface area contributed by atoms with E-state index < -0.39 is 0 Å². The predicted molar refractivity (Wildman–Crippen MR) is 82.4 cm³/mol. The molecule has 2 aromatic rings. The number of rotatable bonds is 1. The molecule has 0 fully saturated rings. The van der Waals surface area contributed by atoms with E-state index in [4.69, 9.17) is 4.74 Å². The van der Waals surface area contributed by atoms with Crippen LogP contribution in [0.25, 0.3) is 0 Å². The molecule has 0 saturated carbocycles. The standard InChI is InChI=1S/C16H16BrNO/c1-11-7-8-13(9-14(11)17)18-10-12(2)19-16-6-4-3-5-15(16)18/h3-9,12H,10H2,1-2H3. The van der Waals surface area contributed by atoms with Gasteiger partial charge in [0, 0.05) is 10.2 Å². The summed E-state index contributed by atoms with van der Waals surface area (Å²) in [5.41, 5.74) is 3.58. The van der Waals surface area contributed by atoms with E-state index in [1.165, 1.54) is 11.3 Å². The third kappa shape index (κ3) is 2.35. The number of fused-ring (bicyclic) bond motifs is 1. The normalized spacial score (nSPS) is 17.8. The molecule has 1 atom stereocenters. The highest BCUT2D eigenvalue weighted by atomic mass is 79.9. The Bertz CT molecular complexity index is 611. The van der Waals surface area contributed by atoms with E-state index in [1.807, 2.05) is 12.1 Å². The van der Waals surface area contributed by atoms with Gasteiger partial charge in [-0.05, 0) is 43.7 Å². The van der Waals surface area contributed by atoms with Crippen molar-refractivity contribution in [1.82, 2.24) is 0 Å². The van der Waals surface area contributed by atoms with Crippen molar-refractivity contribution in [2.45, 2.75) is 20.0 Å². The first kappa shape index (κ1) is 12.5. The molecule has 98 valence electrons. The van der Waals surface area contributed by atoms with Crippen LogP contribution in [0, 0.1) is 6.92 Å². The number of hydrogen-bond acceptors (Lipinski definition) is 2. The second-order valence-corrected chi connectivity index (χ2v) is 5.79. The second-order valence-electron chi connectivity index (χ2n) is 4.94. The molecule has 0 saturated heterocycles. The minimum atomic E-state index is 0.190. The molecule has 1 aliphatic rings. The van der Waals surface area contributed by atoms with Gasteiger partial charge < -0.3 is 9.64 Å². The molecule has 0 spiro atoms. The highest BCUT2D eigenvalue weighted by Gasteiger charge is 2.23. The summed E-state index contributed by atoms with van der Waals surface area (Å²) >= 11 is 3.61. The van der Waals surface area contributed by atoms with Crippen molar-refractivity contribution in [2.75, 3.05) is 11.4 Å². The maximum Gasteiger partial charge on any atom is 0.143 e. The van der Waals surface area contributed by atoms with E-state index in [0.717, 1.165) is 22.5 Å². The number of aryl methyl sites for hydroxylation is 1. The van der Waals surface area contributed by atoms with E-state index in [0.29, 0.717) is 0 Å². The average Bonchev–Trinajstić information content (AvgIpc) is 2.41. The lowest BCUT2D eigenvalue weighted by Crippen LogP contribution is -2.35. The molecule has 19 heavy (non-hydrogen) atoms. The van der Waals surface area contributed by atoms with Crippen molar-refractivity contribution >= 4 is 27.3 Å². The molecule has 3 heteroatoms. The van der Waals surface area contributed by atoms with Crippen LogP contribution in [-0.4, -0.2) is 12.6 Å². The van der Waals surface area contributed by atoms with E-state index in [-0.39, 0.29) is 6.10 Å². The van der Waals surface area contributed by atoms with Crippen LogP contribution < -0.4 is 9.64 Å². The number of ether oxygens (including phenoxy) is 1. The van der Waals surface area contributed by atoms with Gasteiger partial charge in [-0.1, -0.05) is 34.1 Å². The quantitative estimate of drug-likeness (QED) is 0.757. The number of hydrogen-bond donors (Lipinski definition) is 0. The zero-order valence-corrected chi connectivity index (χ0v) is 12.6. The number of nitrogens with zero attached hydrogens (tertiary/aromatic N) is 1. The SMILES string of the molecule is Cc1ccc(N2CC(C)Oc3ccccc32)cc1Br. The highest BCUT2D eigenvalue weighted by molar-refractivity contribution is 9.10. The fourth-order valence-electron chi connectivity index (χ4n) is 2.38. The fraction of sp³-hybridized carbons (Fsp3) is 0.250. The van der Waals surface area contributed by atoms with Crippen molar-refractivity contribution in [1.29, 1.82) is 0 Å².